The minimum Gasteiger partial charge on any atom is -0.726 e. The molecule has 0 unspecified atom stereocenters. The third kappa shape index (κ3) is 5.66. The molecule has 2 heterocycles. The van der Waals surface area contributed by atoms with Gasteiger partial charge in [-0.1, -0.05) is 0 Å². The molecule has 0 radical (unpaired) electrons. The van der Waals surface area contributed by atoms with Crippen molar-refractivity contribution in [2.24, 2.45) is 0 Å². The van der Waals surface area contributed by atoms with Crippen molar-refractivity contribution in [1.29, 1.82) is 0 Å². The van der Waals surface area contributed by atoms with Gasteiger partial charge in [-0.3, -0.25) is 4.18 Å². The van der Waals surface area contributed by atoms with Gasteiger partial charge in [0.2, 0.25) is 16.2 Å². The first-order valence-electron chi connectivity index (χ1n) is 7.69. The van der Waals surface area contributed by atoms with E-state index in [-0.39, 0.29) is 51.4 Å². The molecule has 16 heteroatoms. The van der Waals surface area contributed by atoms with E-state index in [1.54, 1.807) is 0 Å². The molecule has 2 fully saturated rings. The number of ether oxygens (including phenoxy) is 3. The Bertz CT molecular complexity index is 603. The Morgan fingerprint density at radius 1 is 0.929 bits per heavy atom. The van der Waals surface area contributed by atoms with Gasteiger partial charge in [0.15, 0.2) is 12.4 Å². The molecule has 0 amide bonds. The van der Waals surface area contributed by atoms with Gasteiger partial charge in [0, 0.05) is 0 Å². The van der Waals surface area contributed by atoms with E-state index in [1.165, 1.54) is 0 Å². The van der Waals surface area contributed by atoms with Crippen LogP contribution >= 0.6 is 0 Å². The summed E-state index contributed by atoms with van der Waals surface area (Å²) in [6, 6.07) is 0. The average molecular weight is 460 g/mol. The second-order valence-electron chi connectivity index (χ2n) is 6.04. The molecule has 0 saturated carbocycles. The van der Waals surface area contributed by atoms with E-state index in [0.717, 1.165) is 0 Å². The zero-order chi connectivity index (χ0) is 20.6. The third-order valence-corrected chi connectivity index (χ3v) is 4.70. The first-order chi connectivity index (χ1) is 12.5. The van der Waals surface area contributed by atoms with Gasteiger partial charge in [-0.05, 0) is 0 Å². The Morgan fingerprint density at radius 3 is 1.96 bits per heavy atom. The summed E-state index contributed by atoms with van der Waals surface area (Å²) < 4.78 is 52.4. The zero-order valence-corrected chi connectivity index (χ0v) is 18.6. The second kappa shape index (κ2) is 10.6. The van der Waals surface area contributed by atoms with E-state index in [0.29, 0.717) is 0 Å². The van der Waals surface area contributed by atoms with Crippen molar-refractivity contribution in [3.05, 3.63) is 0 Å². The third-order valence-electron chi connectivity index (χ3n) is 4.26. The first kappa shape index (κ1) is 27.1. The fourth-order valence-corrected chi connectivity index (χ4v) is 3.39. The Morgan fingerprint density at radius 2 is 1.50 bits per heavy atom. The predicted molar refractivity (Wildman–Crippen MR) is 77.2 cm³/mol. The molecule has 14 nitrogen and oxygen atoms in total. The van der Waals surface area contributed by atoms with Crippen molar-refractivity contribution in [2.45, 2.75) is 54.8 Å². The van der Waals surface area contributed by atoms with Gasteiger partial charge >= 0.3 is 51.4 Å². The average Bonchev–Trinajstić information content (AvgIpc) is 2.86. The van der Waals surface area contributed by atoms with Gasteiger partial charge in [0.1, 0.15) is 43.2 Å². The summed E-state index contributed by atoms with van der Waals surface area (Å²) in [5, 5.41) is 67.5. The van der Waals surface area contributed by atoms with Crippen molar-refractivity contribution in [2.75, 3.05) is 19.8 Å². The van der Waals surface area contributed by atoms with Crippen LogP contribution in [0.5, 0.6) is 0 Å². The molecule has 2 aliphatic rings. The van der Waals surface area contributed by atoms with Crippen LogP contribution in [0.25, 0.3) is 0 Å². The second-order valence-corrected chi connectivity index (χ2v) is 7.05. The van der Waals surface area contributed by atoms with Crippen LogP contribution in [0.4, 0.5) is 0 Å². The summed E-state index contributed by atoms with van der Waals surface area (Å²) in [7, 11) is -5.44. The quantitative estimate of drug-likeness (QED) is 0.106. The normalized spacial score (nSPS) is 44.3. The van der Waals surface area contributed by atoms with Gasteiger partial charge in [-0.25, -0.2) is 8.42 Å². The van der Waals surface area contributed by atoms with E-state index < -0.39 is 85.0 Å². The Kier molecular flexibility index (Phi) is 10.3. The molecule has 0 aromatic heterocycles. The monoisotopic (exact) mass is 460 g/mol. The van der Waals surface area contributed by atoms with Crippen LogP contribution in [0.2, 0.25) is 0 Å². The van der Waals surface area contributed by atoms with Crippen LogP contribution in [0.3, 0.4) is 0 Å². The molecule has 0 spiro atoms. The van der Waals surface area contributed by atoms with E-state index in [9.17, 15) is 43.6 Å². The molecule has 0 aliphatic carbocycles. The number of hydrogen-bond acceptors (Lipinski definition) is 14. The maximum Gasteiger partial charge on any atom is 1.00 e. The topological polar surface area (TPSA) is 236 Å². The van der Waals surface area contributed by atoms with Gasteiger partial charge in [0.05, 0.1) is 13.2 Å². The number of hydrogen-bond donors (Lipinski definition) is 7. The minimum atomic E-state index is -5.44. The Labute approximate surface area is 202 Å². The predicted octanol–water partition coefficient (Wildman–Crippen LogP) is -8.91. The Balaban J connectivity index is 0.00000392. The van der Waals surface area contributed by atoms with Gasteiger partial charge in [-0.15, -0.1) is 0 Å². The molecule has 2 aliphatic heterocycles. The van der Waals surface area contributed by atoms with Crippen molar-refractivity contribution in [1.82, 2.24) is 0 Å². The molecule has 160 valence electrons. The minimum absolute atomic E-state index is 0. The molecule has 0 bridgehead atoms. The van der Waals surface area contributed by atoms with Crippen LogP contribution in [0.1, 0.15) is 0 Å². The van der Waals surface area contributed by atoms with E-state index in [4.69, 9.17) is 19.3 Å². The van der Waals surface area contributed by atoms with Crippen molar-refractivity contribution >= 4 is 10.4 Å². The summed E-state index contributed by atoms with van der Waals surface area (Å²) in [4.78, 5) is 0. The van der Waals surface area contributed by atoms with Crippen molar-refractivity contribution in [3.8, 4) is 0 Å². The van der Waals surface area contributed by atoms with Gasteiger partial charge in [0.25, 0.3) is 0 Å². The van der Waals surface area contributed by atoms with Crippen LogP contribution in [-0.2, 0) is 28.8 Å². The SMILES string of the molecule is O=S(=O)([O-])O[C@H]1[C@H](O)[C@@H](CO)O[C@@]1(CO)O[C@H]1O[C@H](CO)[C@@H](O)[C@H](O)[C@H]1O.[K+]. The molecule has 0 aromatic rings. The molecule has 2 rings (SSSR count). The largest absolute Gasteiger partial charge is 1.00 e. The molecule has 7 N–H and O–H groups in total. The molecule has 9 atom stereocenters. The Hall–Kier alpha value is 1.11. The summed E-state index contributed by atoms with van der Waals surface area (Å²) in [6.45, 7) is -2.94. The van der Waals surface area contributed by atoms with Crippen LogP contribution < -0.4 is 51.4 Å². The standard InChI is InChI=1S/C12H22O14S.K/c13-1-4-6(16)8(18)9(19)11(23-4)25-12(3-15)10(26-27(20,21)22)7(17)5(2-14)24-12;/h4-11,13-19H,1-3H2,(H,20,21,22);/q;+1/p-1/t4-,5-,6-,7-,8+,9-,10+,11-,12+;/m1./s1. The van der Waals surface area contributed by atoms with E-state index >= 15 is 0 Å². The number of rotatable bonds is 7. The smallest absolute Gasteiger partial charge is 0.726 e. The van der Waals surface area contributed by atoms with Crippen molar-refractivity contribution < 1.29 is 118 Å². The fraction of sp³-hybridized carbons (Fsp3) is 1.00. The van der Waals surface area contributed by atoms with Gasteiger partial charge < -0.3 is 54.5 Å². The fourth-order valence-electron chi connectivity index (χ4n) is 2.87. The molecule has 0 aromatic carbocycles. The molecular formula is C12H21KO14S. The van der Waals surface area contributed by atoms with E-state index in [2.05, 4.69) is 4.18 Å². The molecular weight excluding hydrogens is 439 g/mol. The summed E-state index contributed by atoms with van der Waals surface area (Å²) >= 11 is 0. The molecule has 2 saturated heterocycles. The van der Waals surface area contributed by atoms with Crippen molar-refractivity contribution in [3.63, 3.8) is 0 Å². The zero-order valence-electron chi connectivity index (χ0n) is 14.6. The van der Waals surface area contributed by atoms with Crippen LogP contribution in [-0.4, -0.2) is 123 Å². The summed E-state index contributed by atoms with van der Waals surface area (Å²) in [6.07, 6.45) is -14.6. The van der Waals surface area contributed by atoms with Crippen LogP contribution in [0, 0.1) is 0 Å². The summed E-state index contributed by atoms with van der Waals surface area (Å²) in [5.41, 5.74) is 0. The molecule has 28 heavy (non-hydrogen) atoms. The van der Waals surface area contributed by atoms with E-state index in [1.807, 2.05) is 0 Å². The number of aliphatic hydroxyl groups is 7. The maximum absolute atomic E-state index is 11.0. The first-order valence-corrected chi connectivity index (χ1v) is 9.03. The maximum atomic E-state index is 11.0. The van der Waals surface area contributed by atoms with Gasteiger partial charge in [-0.2, -0.15) is 0 Å². The summed E-state index contributed by atoms with van der Waals surface area (Å²) in [5.74, 6) is -2.61. The number of aliphatic hydroxyl groups excluding tert-OH is 7. The van der Waals surface area contributed by atoms with Crippen LogP contribution in [0.15, 0.2) is 0 Å².